The van der Waals surface area contributed by atoms with Crippen molar-refractivity contribution in [2.24, 2.45) is 0 Å². The molecule has 134 valence electrons. The van der Waals surface area contributed by atoms with Gasteiger partial charge in [0.05, 0.1) is 17.8 Å². The third-order valence-electron chi connectivity index (χ3n) is 4.87. The highest BCUT2D eigenvalue weighted by Gasteiger charge is 2.49. The van der Waals surface area contributed by atoms with Gasteiger partial charge in [-0.05, 0) is 36.8 Å². The molecule has 1 amide bonds. The Morgan fingerprint density at radius 3 is 2.65 bits per heavy atom. The molecule has 2 atom stereocenters. The Balaban J connectivity index is 1.74. The van der Waals surface area contributed by atoms with E-state index in [0.717, 1.165) is 22.5 Å². The third kappa shape index (κ3) is 2.77. The smallest absolute Gasteiger partial charge is 0.249 e. The van der Waals surface area contributed by atoms with Gasteiger partial charge in [-0.2, -0.15) is 0 Å². The summed E-state index contributed by atoms with van der Waals surface area (Å²) in [6.07, 6.45) is 5.86. The Labute approximate surface area is 152 Å². The number of pyridine rings is 1. The quantitative estimate of drug-likeness (QED) is 0.921. The fraction of sp³-hybridized carbons (Fsp3) is 0.300. The van der Waals surface area contributed by atoms with Gasteiger partial charge < -0.3 is 9.47 Å². The number of ether oxygens (including phenoxy) is 2. The number of amides is 1. The van der Waals surface area contributed by atoms with E-state index in [0.29, 0.717) is 6.42 Å². The van der Waals surface area contributed by atoms with Crippen LogP contribution in [0.5, 0.6) is 0 Å². The van der Waals surface area contributed by atoms with Gasteiger partial charge in [-0.3, -0.25) is 15.2 Å². The summed E-state index contributed by atoms with van der Waals surface area (Å²) in [6.45, 7) is 2.02. The highest BCUT2D eigenvalue weighted by atomic mass is 16.7. The second kappa shape index (κ2) is 6.55. The number of nitrogens with one attached hydrogen (secondary N) is 1. The number of carbonyl (C=O) groups excluding carboxylic acids is 1. The summed E-state index contributed by atoms with van der Waals surface area (Å²) in [5.41, 5.74) is 6.05. The van der Waals surface area contributed by atoms with Gasteiger partial charge in [0.2, 0.25) is 5.91 Å². The van der Waals surface area contributed by atoms with Crippen molar-refractivity contribution in [1.82, 2.24) is 10.4 Å². The Hall–Kier alpha value is -2.70. The van der Waals surface area contributed by atoms with Crippen LogP contribution in [0.15, 0.2) is 60.6 Å². The van der Waals surface area contributed by atoms with Crippen LogP contribution in [0.2, 0.25) is 0 Å². The van der Waals surface area contributed by atoms with Gasteiger partial charge in [0.15, 0.2) is 6.29 Å². The standard InChI is InChI=1S/C20H21N3O3/c1-14-3-5-16(6-4-14)23-18(24)13-20(15-9-11-21-12-10-15)17(22-23)7-8-19(25-2)26-20/h3-7,9-12,19,22H,8,13H2,1-2H3/t19-,20+/m0/s1. The van der Waals surface area contributed by atoms with Crippen LogP contribution in [-0.4, -0.2) is 24.3 Å². The number of aromatic nitrogens is 1. The molecule has 2 aromatic rings. The zero-order chi connectivity index (χ0) is 18.1. The van der Waals surface area contributed by atoms with Crippen molar-refractivity contribution in [3.8, 4) is 0 Å². The predicted octanol–water partition coefficient (Wildman–Crippen LogP) is 2.80. The van der Waals surface area contributed by atoms with E-state index >= 15 is 0 Å². The SMILES string of the molecule is CO[C@@H]1CC=C2NN(c3ccc(C)cc3)C(=O)C[C@]2(c2ccncc2)O1. The number of hydrogen-bond acceptors (Lipinski definition) is 5. The van der Waals surface area contributed by atoms with Gasteiger partial charge in [-0.25, -0.2) is 5.01 Å². The highest BCUT2D eigenvalue weighted by Crippen LogP contribution is 2.44. The summed E-state index contributed by atoms with van der Waals surface area (Å²) in [6, 6.07) is 11.6. The molecule has 3 heterocycles. The molecule has 1 aromatic heterocycles. The van der Waals surface area contributed by atoms with Crippen molar-refractivity contribution in [1.29, 1.82) is 0 Å². The van der Waals surface area contributed by atoms with Crippen molar-refractivity contribution in [2.45, 2.75) is 31.7 Å². The number of hydrazine groups is 1. The van der Waals surface area contributed by atoms with Crippen LogP contribution >= 0.6 is 0 Å². The topological polar surface area (TPSA) is 63.7 Å². The van der Waals surface area contributed by atoms with Crippen molar-refractivity contribution in [3.05, 3.63) is 71.7 Å². The van der Waals surface area contributed by atoms with Crippen LogP contribution < -0.4 is 10.4 Å². The molecule has 1 fully saturated rings. The minimum atomic E-state index is -0.889. The van der Waals surface area contributed by atoms with E-state index in [1.54, 1.807) is 24.5 Å². The molecule has 26 heavy (non-hydrogen) atoms. The monoisotopic (exact) mass is 351 g/mol. The van der Waals surface area contributed by atoms with Crippen molar-refractivity contribution < 1.29 is 14.3 Å². The average molecular weight is 351 g/mol. The number of rotatable bonds is 3. The first-order valence-electron chi connectivity index (χ1n) is 8.60. The molecule has 6 heteroatoms. The second-order valence-electron chi connectivity index (χ2n) is 6.55. The maximum atomic E-state index is 13.0. The van der Waals surface area contributed by atoms with E-state index in [9.17, 15) is 4.79 Å². The first-order chi connectivity index (χ1) is 12.6. The number of nitrogens with zero attached hydrogens (tertiary/aromatic N) is 2. The number of anilines is 1. The summed E-state index contributed by atoms with van der Waals surface area (Å²) in [4.78, 5) is 17.1. The van der Waals surface area contributed by atoms with Gasteiger partial charge in [-0.15, -0.1) is 0 Å². The Morgan fingerprint density at radius 1 is 1.23 bits per heavy atom. The lowest BCUT2D eigenvalue weighted by molar-refractivity contribution is -0.204. The Morgan fingerprint density at radius 2 is 1.96 bits per heavy atom. The molecular weight excluding hydrogens is 330 g/mol. The molecule has 0 unspecified atom stereocenters. The van der Waals surface area contributed by atoms with Crippen LogP contribution in [0.1, 0.15) is 24.0 Å². The number of fused-ring (bicyclic) bond motifs is 1. The fourth-order valence-corrected chi connectivity index (χ4v) is 3.46. The van der Waals surface area contributed by atoms with Crippen LogP contribution in [0.4, 0.5) is 5.69 Å². The van der Waals surface area contributed by atoms with E-state index < -0.39 is 11.9 Å². The van der Waals surface area contributed by atoms with Gasteiger partial charge in [0, 0.05) is 25.9 Å². The number of hydrogen-bond donors (Lipinski definition) is 1. The third-order valence-corrected chi connectivity index (χ3v) is 4.87. The maximum Gasteiger partial charge on any atom is 0.249 e. The van der Waals surface area contributed by atoms with Gasteiger partial charge in [0.1, 0.15) is 5.60 Å². The molecule has 1 N–H and O–H groups in total. The van der Waals surface area contributed by atoms with Crippen LogP contribution in [0.25, 0.3) is 0 Å². The summed E-state index contributed by atoms with van der Waals surface area (Å²) in [5, 5.41) is 1.58. The zero-order valence-corrected chi connectivity index (χ0v) is 14.8. The van der Waals surface area contributed by atoms with E-state index in [-0.39, 0.29) is 12.3 Å². The Kier molecular flexibility index (Phi) is 4.22. The number of carbonyl (C=O) groups is 1. The Bertz CT molecular complexity index is 835. The average Bonchev–Trinajstić information content (AvgIpc) is 2.68. The number of aryl methyl sites for hydroxylation is 1. The molecular formula is C20H21N3O3. The molecule has 6 nitrogen and oxygen atoms in total. The molecule has 2 aliphatic rings. The minimum absolute atomic E-state index is 0.0698. The normalized spacial score (nSPS) is 25.3. The van der Waals surface area contributed by atoms with E-state index in [1.165, 1.54) is 0 Å². The summed E-state index contributed by atoms with van der Waals surface area (Å²) < 4.78 is 11.7. The van der Waals surface area contributed by atoms with Gasteiger partial charge >= 0.3 is 0 Å². The highest BCUT2D eigenvalue weighted by molar-refractivity contribution is 5.95. The largest absolute Gasteiger partial charge is 0.356 e. The number of benzene rings is 1. The first-order valence-corrected chi connectivity index (χ1v) is 8.60. The molecule has 1 aromatic carbocycles. The lowest BCUT2D eigenvalue weighted by atomic mass is 9.83. The predicted molar refractivity (Wildman–Crippen MR) is 96.9 cm³/mol. The minimum Gasteiger partial charge on any atom is -0.356 e. The molecule has 0 spiro atoms. The second-order valence-corrected chi connectivity index (χ2v) is 6.55. The van der Waals surface area contributed by atoms with Gasteiger partial charge in [0.25, 0.3) is 0 Å². The van der Waals surface area contributed by atoms with Crippen molar-refractivity contribution >= 4 is 11.6 Å². The van der Waals surface area contributed by atoms with Gasteiger partial charge in [-0.1, -0.05) is 23.8 Å². The lowest BCUT2D eigenvalue weighted by Gasteiger charge is -2.47. The molecule has 0 saturated carbocycles. The molecule has 0 radical (unpaired) electrons. The van der Waals surface area contributed by atoms with E-state index in [2.05, 4.69) is 10.4 Å². The van der Waals surface area contributed by atoms with E-state index in [4.69, 9.17) is 9.47 Å². The molecule has 4 rings (SSSR count). The van der Waals surface area contributed by atoms with Crippen molar-refractivity contribution in [2.75, 3.05) is 12.1 Å². The zero-order valence-electron chi connectivity index (χ0n) is 14.8. The molecule has 2 aliphatic heterocycles. The molecule has 0 bridgehead atoms. The first kappa shape index (κ1) is 16.8. The van der Waals surface area contributed by atoms with Crippen molar-refractivity contribution in [3.63, 3.8) is 0 Å². The molecule has 1 saturated heterocycles. The lowest BCUT2D eigenvalue weighted by Crippen LogP contribution is -2.58. The fourth-order valence-electron chi connectivity index (χ4n) is 3.46. The summed E-state index contributed by atoms with van der Waals surface area (Å²) >= 11 is 0. The number of methoxy groups -OCH3 is 1. The van der Waals surface area contributed by atoms with Crippen LogP contribution in [0.3, 0.4) is 0 Å². The van der Waals surface area contributed by atoms with Crippen LogP contribution in [0, 0.1) is 6.92 Å². The summed E-state index contributed by atoms with van der Waals surface area (Å²) in [5.74, 6) is -0.0698. The van der Waals surface area contributed by atoms with E-state index in [1.807, 2.05) is 49.4 Å². The van der Waals surface area contributed by atoms with Crippen LogP contribution in [-0.2, 0) is 19.9 Å². The molecule has 0 aliphatic carbocycles. The maximum absolute atomic E-state index is 13.0. The summed E-state index contributed by atoms with van der Waals surface area (Å²) in [7, 11) is 1.61.